The zero-order valence-corrected chi connectivity index (χ0v) is 10.5. The lowest BCUT2D eigenvalue weighted by Gasteiger charge is -2.08. The molecule has 0 aliphatic rings. The molecule has 1 aromatic heterocycles. The molecule has 0 aliphatic carbocycles. The summed E-state index contributed by atoms with van der Waals surface area (Å²) in [4.78, 5) is 7.81. The van der Waals surface area contributed by atoms with Gasteiger partial charge < -0.3 is 5.32 Å². The molecule has 0 bridgehead atoms. The smallest absolute Gasteiger partial charge is 0.171 e. The molecule has 0 atom stereocenters. The van der Waals surface area contributed by atoms with Gasteiger partial charge in [0.1, 0.15) is 0 Å². The average Bonchev–Trinajstić information content (AvgIpc) is 2.29. The molecule has 0 unspecified atom stereocenters. The largest absolute Gasteiger partial charge is 0.338 e. The van der Waals surface area contributed by atoms with Gasteiger partial charge in [0.25, 0.3) is 0 Å². The summed E-state index contributed by atoms with van der Waals surface area (Å²) < 4.78 is 13.2. The maximum absolute atomic E-state index is 13.2. The van der Waals surface area contributed by atoms with E-state index in [-0.39, 0.29) is 15.2 Å². The van der Waals surface area contributed by atoms with Crippen molar-refractivity contribution in [2.45, 2.75) is 0 Å². The van der Waals surface area contributed by atoms with Crippen molar-refractivity contribution in [2.24, 2.45) is 0 Å². The molecule has 0 spiro atoms. The van der Waals surface area contributed by atoms with Crippen LogP contribution in [0.4, 0.5) is 15.9 Å². The van der Waals surface area contributed by atoms with E-state index in [2.05, 4.69) is 15.3 Å². The molecule has 0 amide bonds. The Labute approximate surface area is 112 Å². The van der Waals surface area contributed by atoms with Crippen LogP contribution in [0.1, 0.15) is 0 Å². The number of hydrogen-bond acceptors (Lipinski definition) is 3. The molecule has 88 valence electrons. The highest BCUT2D eigenvalue weighted by molar-refractivity contribution is 6.35. The zero-order valence-electron chi connectivity index (χ0n) is 8.22. The van der Waals surface area contributed by atoms with Gasteiger partial charge in [0, 0.05) is 18.1 Å². The van der Waals surface area contributed by atoms with Crippen molar-refractivity contribution in [3.05, 3.63) is 45.5 Å². The zero-order chi connectivity index (χ0) is 12.4. The summed E-state index contributed by atoms with van der Waals surface area (Å²) in [5.74, 6) is -0.322. The Morgan fingerprint density at radius 2 is 1.59 bits per heavy atom. The normalized spacial score (nSPS) is 10.4. The van der Waals surface area contributed by atoms with Crippen LogP contribution in [0.15, 0.2) is 24.5 Å². The SMILES string of the molecule is Fc1c(Cl)cc(Nc2nccnc2Cl)cc1Cl. The third-order valence-electron chi connectivity index (χ3n) is 1.90. The summed E-state index contributed by atoms with van der Waals surface area (Å²) in [7, 11) is 0. The number of benzene rings is 1. The summed E-state index contributed by atoms with van der Waals surface area (Å²) in [6.07, 6.45) is 2.93. The fourth-order valence-electron chi connectivity index (χ4n) is 1.17. The van der Waals surface area contributed by atoms with Crippen LogP contribution >= 0.6 is 34.8 Å². The predicted molar refractivity (Wildman–Crippen MR) is 66.7 cm³/mol. The third-order valence-corrected chi connectivity index (χ3v) is 2.73. The number of hydrogen-bond donors (Lipinski definition) is 1. The lowest BCUT2D eigenvalue weighted by atomic mass is 10.3. The van der Waals surface area contributed by atoms with Crippen LogP contribution < -0.4 is 5.32 Å². The standard InChI is InChI=1S/C10H5Cl3FN3/c11-6-3-5(4-7(12)8(6)14)17-10-9(13)15-1-2-16-10/h1-4H,(H,16,17). The second kappa shape index (κ2) is 5.04. The van der Waals surface area contributed by atoms with Gasteiger partial charge in [0.15, 0.2) is 16.8 Å². The van der Waals surface area contributed by atoms with Gasteiger partial charge >= 0.3 is 0 Å². The minimum absolute atomic E-state index is 0.0833. The number of anilines is 2. The van der Waals surface area contributed by atoms with Crippen LogP contribution in [0.5, 0.6) is 0 Å². The molecule has 0 aliphatic heterocycles. The quantitative estimate of drug-likeness (QED) is 0.838. The second-order valence-corrected chi connectivity index (χ2v) is 4.25. The maximum atomic E-state index is 13.2. The Bertz CT molecular complexity index is 539. The van der Waals surface area contributed by atoms with Gasteiger partial charge in [0.2, 0.25) is 0 Å². The Morgan fingerprint density at radius 1 is 1.00 bits per heavy atom. The summed E-state index contributed by atoms with van der Waals surface area (Å²) >= 11 is 17.1. The van der Waals surface area contributed by atoms with Crippen LogP contribution in [0, 0.1) is 5.82 Å². The van der Waals surface area contributed by atoms with Crippen LogP contribution in [0.3, 0.4) is 0 Å². The monoisotopic (exact) mass is 291 g/mol. The number of aromatic nitrogens is 2. The van der Waals surface area contributed by atoms with Crippen LogP contribution in [0.2, 0.25) is 15.2 Å². The molecule has 1 heterocycles. The van der Waals surface area contributed by atoms with Gasteiger partial charge in [-0.15, -0.1) is 0 Å². The minimum Gasteiger partial charge on any atom is -0.338 e. The van der Waals surface area contributed by atoms with E-state index in [1.54, 1.807) is 0 Å². The highest BCUT2D eigenvalue weighted by Gasteiger charge is 2.09. The Hall–Kier alpha value is -1.10. The van der Waals surface area contributed by atoms with Crippen molar-refractivity contribution in [2.75, 3.05) is 5.32 Å². The molecule has 3 nitrogen and oxygen atoms in total. The van der Waals surface area contributed by atoms with Crippen molar-refractivity contribution >= 4 is 46.3 Å². The Balaban J connectivity index is 2.34. The summed E-state index contributed by atoms with van der Waals surface area (Å²) in [6.45, 7) is 0. The second-order valence-electron chi connectivity index (χ2n) is 3.07. The van der Waals surface area contributed by atoms with E-state index in [0.29, 0.717) is 11.5 Å². The van der Waals surface area contributed by atoms with Gasteiger partial charge in [-0.1, -0.05) is 34.8 Å². The predicted octanol–water partition coefficient (Wildman–Crippen LogP) is 4.32. The van der Waals surface area contributed by atoms with E-state index in [0.717, 1.165) is 0 Å². The molecular weight excluding hydrogens is 287 g/mol. The first-order chi connectivity index (χ1) is 8.08. The molecule has 17 heavy (non-hydrogen) atoms. The molecule has 0 fully saturated rings. The van der Waals surface area contributed by atoms with Crippen LogP contribution in [0.25, 0.3) is 0 Å². The van der Waals surface area contributed by atoms with Gasteiger partial charge in [-0.05, 0) is 12.1 Å². The van der Waals surface area contributed by atoms with Crippen molar-refractivity contribution < 1.29 is 4.39 Å². The summed E-state index contributed by atoms with van der Waals surface area (Å²) in [6, 6.07) is 2.77. The first-order valence-electron chi connectivity index (χ1n) is 4.46. The van der Waals surface area contributed by atoms with E-state index >= 15 is 0 Å². The Morgan fingerprint density at radius 3 is 2.18 bits per heavy atom. The number of halogens is 4. The number of rotatable bonds is 2. The molecule has 2 aromatic rings. The summed E-state index contributed by atoms with van der Waals surface area (Å²) in [5.41, 5.74) is 0.476. The molecule has 0 radical (unpaired) electrons. The molecular formula is C10H5Cl3FN3. The van der Waals surface area contributed by atoms with E-state index in [9.17, 15) is 4.39 Å². The number of nitrogens with one attached hydrogen (secondary N) is 1. The van der Waals surface area contributed by atoms with Gasteiger partial charge in [-0.25, -0.2) is 14.4 Å². The average molecular weight is 293 g/mol. The fourth-order valence-corrected chi connectivity index (χ4v) is 1.81. The number of nitrogens with zero attached hydrogens (tertiary/aromatic N) is 2. The molecule has 7 heteroatoms. The van der Waals surface area contributed by atoms with Gasteiger partial charge in [-0.2, -0.15) is 0 Å². The van der Waals surface area contributed by atoms with Gasteiger partial charge in [-0.3, -0.25) is 0 Å². The van der Waals surface area contributed by atoms with Crippen molar-refractivity contribution in [3.8, 4) is 0 Å². The summed E-state index contributed by atoms with van der Waals surface area (Å²) in [5, 5.41) is 2.87. The van der Waals surface area contributed by atoms with E-state index in [1.165, 1.54) is 24.5 Å². The first kappa shape index (κ1) is 12.4. The van der Waals surface area contributed by atoms with E-state index in [4.69, 9.17) is 34.8 Å². The maximum Gasteiger partial charge on any atom is 0.171 e. The lowest BCUT2D eigenvalue weighted by Crippen LogP contribution is -1.96. The van der Waals surface area contributed by atoms with Crippen molar-refractivity contribution in [1.29, 1.82) is 0 Å². The highest BCUT2D eigenvalue weighted by Crippen LogP contribution is 2.29. The van der Waals surface area contributed by atoms with Crippen molar-refractivity contribution in [1.82, 2.24) is 9.97 Å². The molecule has 0 saturated heterocycles. The third kappa shape index (κ3) is 2.77. The molecule has 0 saturated carbocycles. The topological polar surface area (TPSA) is 37.8 Å². The van der Waals surface area contributed by atoms with Crippen molar-refractivity contribution in [3.63, 3.8) is 0 Å². The highest BCUT2D eigenvalue weighted by atomic mass is 35.5. The fraction of sp³-hybridized carbons (Fsp3) is 0. The van der Waals surface area contributed by atoms with Crippen LogP contribution in [-0.2, 0) is 0 Å². The van der Waals surface area contributed by atoms with E-state index < -0.39 is 5.82 Å². The van der Waals surface area contributed by atoms with E-state index in [1.807, 2.05) is 0 Å². The molecule has 1 aromatic carbocycles. The minimum atomic E-state index is -0.663. The van der Waals surface area contributed by atoms with Gasteiger partial charge in [0.05, 0.1) is 10.0 Å². The van der Waals surface area contributed by atoms with Crippen LogP contribution in [-0.4, -0.2) is 9.97 Å². The first-order valence-corrected chi connectivity index (χ1v) is 5.59. The lowest BCUT2D eigenvalue weighted by molar-refractivity contribution is 0.629. The molecule has 2 rings (SSSR count). The Kier molecular flexibility index (Phi) is 3.66. The molecule has 1 N–H and O–H groups in total.